The molecular formula is C19H21N3O2. The maximum atomic E-state index is 11.2. The average molecular weight is 323 g/mol. The van der Waals surface area contributed by atoms with Gasteiger partial charge >= 0.3 is 6.09 Å². The molecule has 24 heavy (non-hydrogen) atoms. The number of hydrogen-bond acceptors (Lipinski definition) is 3. The number of hydrogen-bond donors (Lipinski definition) is 1. The van der Waals surface area contributed by atoms with Gasteiger partial charge in [0.05, 0.1) is 11.4 Å². The third-order valence-electron chi connectivity index (χ3n) is 5.39. The molecule has 2 aliphatic rings. The molecule has 1 saturated heterocycles. The highest BCUT2D eigenvalue weighted by atomic mass is 16.4. The van der Waals surface area contributed by atoms with Crippen LogP contribution in [-0.2, 0) is 12.8 Å². The molecule has 0 radical (unpaired) electrons. The number of carboxylic acid groups (broad SMARTS) is 1. The fourth-order valence-electron chi connectivity index (χ4n) is 4.15. The Hall–Kier alpha value is -2.43. The Balaban J connectivity index is 1.72. The van der Waals surface area contributed by atoms with E-state index in [1.807, 2.05) is 24.5 Å². The second-order valence-corrected chi connectivity index (χ2v) is 6.68. The molecule has 0 unspecified atom stereocenters. The first-order valence-electron chi connectivity index (χ1n) is 8.59. The van der Waals surface area contributed by atoms with Crippen LogP contribution in [0.25, 0.3) is 0 Å². The maximum Gasteiger partial charge on any atom is 0.407 e. The van der Waals surface area contributed by atoms with E-state index in [0.717, 1.165) is 37.1 Å². The zero-order valence-electron chi connectivity index (χ0n) is 13.6. The van der Waals surface area contributed by atoms with Crippen LogP contribution in [0.15, 0.2) is 36.7 Å². The molecule has 0 bridgehead atoms. The summed E-state index contributed by atoms with van der Waals surface area (Å²) in [6, 6.07) is 8.36. The van der Waals surface area contributed by atoms with Crippen molar-refractivity contribution in [2.75, 3.05) is 13.1 Å². The Bertz CT molecular complexity index is 706. The molecule has 5 nitrogen and oxygen atoms in total. The van der Waals surface area contributed by atoms with Crippen molar-refractivity contribution in [3.8, 4) is 0 Å². The van der Waals surface area contributed by atoms with Crippen molar-refractivity contribution < 1.29 is 9.90 Å². The lowest BCUT2D eigenvalue weighted by atomic mass is 9.78. The standard InChI is InChI=1S/C19H21N3O2/c23-19(24)22-11-7-13(8-12-22)16-17-14(3-1-9-20-17)5-6-15-4-2-10-21-18(15)16/h1-4,9-10,13,16H,5-8,11-12H2,(H,23,24). The summed E-state index contributed by atoms with van der Waals surface area (Å²) in [5.41, 5.74) is 4.90. The van der Waals surface area contributed by atoms with Gasteiger partial charge in [0.1, 0.15) is 0 Å². The first-order valence-corrected chi connectivity index (χ1v) is 8.59. The van der Waals surface area contributed by atoms with Gasteiger partial charge < -0.3 is 10.0 Å². The van der Waals surface area contributed by atoms with Crippen LogP contribution in [0.4, 0.5) is 4.79 Å². The quantitative estimate of drug-likeness (QED) is 0.876. The lowest BCUT2D eigenvalue weighted by Gasteiger charge is -2.35. The second kappa shape index (κ2) is 6.23. The normalized spacial score (nSPS) is 18.6. The molecule has 1 amide bonds. The minimum absolute atomic E-state index is 0.177. The number of aromatic nitrogens is 2. The molecule has 4 rings (SSSR count). The summed E-state index contributed by atoms with van der Waals surface area (Å²) in [4.78, 5) is 22.1. The minimum Gasteiger partial charge on any atom is -0.465 e. The Morgan fingerprint density at radius 1 is 1.00 bits per heavy atom. The van der Waals surface area contributed by atoms with Crippen molar-refractivity contribution in [1.82, 2.24) is 14.9 Å². The summed E-state index contributed by atoms with van der Waals surface area (Å²) in [6.07, 6.45) is 6.63. The highest BCUT2D eigenvalue weighted by Crippen LogP contribution is 2.41. The Morgan fingerprint density at radius 2 is 1.54 bits per heavy atom. The van der Waals surface area contributed by atoms with E-state index in [2.05, 4.69) is 12.1 Å². The molecule has 5 heteroatoms. The molecule has 1 aliphatic carbocycles. The number of pyridine rings is 2. The van der Waals surface area contributed by atoms with Gasteiger partial charge in [-0.2, -0.15) is 0 Å². The van der Waals surface area contributed by atoms with Crippen LogP contribution in [0.3, 0.4) is 0 Å². The van der Waals surface area contributed by atoms with Gasteiger partial charge in [0.15, 0.2) is 0 Å². The van der Waals surface area contributed by atoms with Crippen molar-refractivity contribution >= 4 is 6.09 Å². The van der Waals surface area contributed by atoms with E-state index < -0.39 is 6.09 Å². The molecule has 1 fully saturated rings. The first kappa shape index (κ1) is 15.1. The van der Waals surface area contributed by atoms with Gasteiger partial charge in [0.25, 0.3) is 0 Å². The van der Waals surface area contributed by atoms with E-state index in [1.54, 1.807) is 0 Å². The molecule has 2 aromatic rings. The predicted octanol–water partition coefficient (Wildman–Crippen LogP) is 3.10. The molecule has 3 heterocycles. The van der Waals surface area contributed by atoms with Crippen LogP contribution >= 0.6 is 0 Å². The smallest absolute Gasteiger partial charge is 0.407 e. The number of fused-ring (bicyclic) bond motifs is 2. The van der Waals surface area contributed by atoms with Crippen LogP contribution < -0.4 is 0 Å². The van der Waals surface area contributed by atoms with Crippen LogP contribution in [0.2, 0.25) is 0 Å². The second-order valence-electron chi connectivity index (χ2n) is 6.68. The third kappa shape index (κ3) is 2.64. The van der Waals surface area contributed by atoms with Gasteiger partial charge in [-0.25, -0.2) is 4.79 Å². The summed E-state index contributed by atoms with van der Waals surface area (Å²) < 4.78 is 0. The average Bonchev–Trinajstić information content (AvgIpc) is 2.79. The number of rotatable bonds is 1. The lowest BCUT2D eigenvalue weighted by molar-refractivity contribution is 0.121. The highest BCUT2D eigenvalue weighted by Gasteiger charge is 2.35. The van der Waals surface area contributed by atoms with E-state index in [-0.39, 0.29) is 5.92 Å². The summed E-state index contributed by atoms with van der Waals surface area (Å²) in [7, 11) is 0. The molecule has 1 aliphatic heterocycles. The first-order chi connectivity index (χ1) is 11.7. The van der Waals surface area contributed by atoms with Crippen molar-refractivity contribution in [2.24, 2.45) is 5.92 Å². The largest absolute Gasteiger partial charge is 0.465 e. The highest BCUT2D eigenvalue weighted by molar-refractivity contribution is 5.65. The van der Waals surface area contributed by atoms with E-state index in [0.29, 0.717) is 19.0 Å². The van der Waals surface area contributed by atoms with Crippen molar-refractivity contribution in [3.05, 3.63) is 59.2 Å². The molecule has 0 aromatic carbocycles. The van der Waals surface area contributed by atoms with Gasteiger partial charge in [-0.3, -0.25) is 9.97 Å². The molecule has 1 N–H and O–H groups in total. The van der Waals surface area contributed by atoms with Crippen molar-refractivity contribution in [2.45, 2.75) is 31.6 Å². The fraction of sp³-hybridized carbons (Fsp3) is 0.421. The van der Waals surface area contributed by atoms with Crippen molar-refractivity contribution in [3.63, 3.8) is 0 Å². The van der Waals surface area contributed by atoms with Gasteiger partial charge in [0, 0.05) is 31.4 Å². The van der Waals surface area contributed by atoms with Crippen LogP contribution in [0.5, 0.6) is 0 Å². The van der Waals surface area contributed by atoms with Gasteiger partial charge in [-0.1, -0.05) is 12.1 Å². The lowest BCUT2D eigenvalue weighted by Crippen LogP contribution is -2.39. The molecule has 0 saturated carbocycles. The Labute approximate surface area is 141 Å². The fourth-order valence-corrected chi connectivity index (χ4v) is 4.15. The van der Waals surface area contributed by atoms with Gasteiger partial charge in [-0.15, -0.1) is 0 Å². The number of carbonyl (C=O) groups is 1. The monoisotopic (exact) mass is 323 g/mol. The van der Waals surface area contributed by atoms with Crippen LogP contribution in [-0.4, -0.2) is 39.2 Å². The number of amides is 1. The van der Waals surface area contributed by atoms with Crippen molar-refractivity contribution in [1.29, 1.82) is 0 Å². The Morgan fingerprint density at radius 3 is 2.04 bits per heavy atom. The molecular weight excluding hydrogens is 302 g/mol. The van der Waals surface area contributed by atoms with E-state index in [1.165, 1.54) is 16.0 Å². The number of nitrogens with zero attached hydrogens (tertiary/aromatic N) is 3. The van der Waals surface area contributed by atoms with Crippen LogP contribution in [0.1, 0.15) is 41.3 Å². The Kier molecular flexibility index (Phi) is 3.92. The number of likely N-dealkylation sites (tertiary alicyclic amines) is 1. The van der Waals surface area contributed by atoms with E-state index >= 15 is 0 Å². The number of piperidine rings is 1. The topological polar surface area (TPSA) is 66.3 Å². The SMILES string of the molecule is O=C(O)N1CCC(C2c3ncccc3CCc3cccnc32)CC1. The van der Waals surface area contributed by atoms with E-state index in [4.69, 9.17) is 9.97 Å². The molecule has 0 spiro atoms. The van der Waals surface area contributed by atoms with E-state index in [9.17, 15) is 9.90 Å². The van der Waals surface area contributed by atoms with Crippen LogP contribution in [0, 0.1) is 5.92 Å². The summed E-state index contributed by atoms with van der Waals surface area (Å²) in [5, 5.41) is 9.20. The minimum atomic E-state index is -0.814. The summed E-state index contributed by atoms with van der Waals surface area (Å²) in [6.45, 7) is 1.20. The zero-order valence-corrected chi connectivity index (χ0v) is 13.6. The maximum absolute atomic E-state index is 11.2. The molecule has 2 aromatic heterocycles. The predicted molar refractivity (Wildman–Crippen MR) is 90.0 cm³/mol. The number of aryl methyl sites for hydroxylation is 2. The molecule has 124 valence electrons. The third-order valence-corrected chi connectivity index (χ3v) is 5.39. The van der Waals surface area contributed by atoms with Gasteiger partial charge in [0.2, 0.25) is 0 Å². The summed E-state index contributed by atoms with van der Waals surface area (Å²) in [5.74, 6) is 0.567. The van der Waals surface area contributed by atoms with Gasteiger partial charge in [-0.05, 0) is 54.9 Å². The molecule has 0 atom stereocenters. The summed E-state index contributed by atoms with van der Waals surface area (Å²) >= 11 is 0. The zero-order chi connectivity index (χ0) is 16.5.